The number of carbonyl (C=O) groups is 1. The molecule has 0 bridgehead atoms. The van der Waals surface area contributed by atoms with Crippen molar-refractivity contribution in [2.24, 2.45) is 5.73 Å². The van der Waals surface area contributed by atoms with E-state index in [4.69, 9.17) is 5.73 Å². The summed E-state index contributed by atoms with van der Waals surface area (Å²) in [6.45, 7) is 2.08. The van der Waals surface area contributed by atoms with Crippen LogP contribution in [0.25, 0.3) is 10.9 Å². The molecule has 1 aromatic heterocycles. The molecule has 1 aliphatic heterocycles. The first-order valence-electron chi connectivity index (χ1n) is 8.92. The van der Waals surface area contributed by atoms with Gasteiger partial charge in [0.15, 0.2) is 0 Å². The van der Waals surface area contributed by atoms with E-state index < -0.39 is 0 Å². The number of aromatic nitrogens is 1. The molecule has 1 amide bonds. The van der Waals surface area contributed by atoms with Crippen LogP contribution in [0, 0.1) is 0 Å². The van der Waals surface area contributed by atoms with Crippen LogP contribution < -0.4 is 11.1 Å². The lowest BCUT2D eigenvalue weighted by Gasteiger charge is -2.12. The summed E-state index contributed by atoms with van der Waals surface area (Å²) in [5.74, 6) is 0.176. The topological polar surface area (TPSA) is 60.0 Å². The summed E-state index contributed by atoms with van der Waals surface area (Å²) in [7, 11) is 0. The molecule has 4 nitrogen and oxygen atoms in total. The molecule has 2 heterocycles. The minimum atomic E-state index is 0.00448. The molecule has 0 spiro atoms. The average molecular weight is 333 g/mol. The van der Waals surface area contributed by atoms with E-state index >= 15 is 0 Å². The fourth-order valence-corrected chi connectivity index (χ4v) is 3.80. The monoisotopic (exact) mass is 333 g/mol. The van der Waals surface area contributed by atoms with E-state index in [9.17, 15) is 4.79 Å². The number of nitrogens with one attached hydrogen (secondary N) is 1. The van der Waals surface area contributed by atoms with Gasteiger partial charge in [-0.25, -0.2) is 0 Å². The molecule has 128 valence electrons. The van der Waals surface area contributed by atoms with Crippen LogP contribution in [0.1, 0.15) is 33.8 Å². The Morgan fingerprint density at radius 1 is 1.12 bits per heavy atom. The third-order valence-corrected chi connectivity index (χ3v) is 5.12. The van der Waals surface area contributed by atoms with Crippen LogP contribution in [0.5, 0.6) is 0 Å². The predicted octanol–water partition coefficient (Wildman–Crippen LogP) is 3.06. The number of carbonyl (C=O) groups excluding carboxylic acids is 1. The summed E-state index contributed by atoms with van der Waals surface area (Å²) in [5.41, 5.74) is 10.4. The van der Waals surface area contributed by atoms with E-state index in [1.807, 2.05) is 18.2 Å². The molecule has 1 atom stereocenters. The van der Waals surface area contributed by atoms with E-state index in [-0.39, 0.29) is 11.8 Å². The zero-order chi connectivity index (χ0) is 17.2. The minimum absolute atomic E-state index is 0.00448. The van der Waals surface area contributed by atoms with Crippen LogP contribution in [0.4, 0.5) is 0 Å². The second-order valence-electron chi connectivity index (χ2n) is 6.71. The highest BCUT2D eigenvalue weighted by atomic mass is 16.1. The molecule has 1 unspecified atom stereocenters. The Morgan fingerprint density at radius 2 is 1.96 bits per heavy atom. The number of amides is 1. The molecular weight excluding hydrogens is 310 g/mol. The first-order chi connectivity index (χ1) is 12.3. The quantitative estimate of drug-likeness (QED) is 0.754. The van der Waals surface area contributed by atoms with Gasteiger partial charge in [-0.2, -0.15) is 0 Å². The molecule has 4 rings (SSSR count). The minimum Gasteiger partial charge on any atom is -0.351 e. The Morgan fingerprint density at radius 3 is 2.76 bits per heavy atom. The van der Waals surface area contributed by atoms with Crippen LogP contribution in [0.2, 0.25) is 0 Å². The second kappa shape index (κ2) is 6.73. The molecule has 0 fully saturated rings. The van der Waals surface area contributed by atoms with Gasteiger partial charge in [0, 0.05) is 48.2 Å². The molecule has 0 radical (unpaired) electrons. The highest BCUT2D eigenvalue weighted by Crippen LogP contribution is 2.32. The van der Waals surface area contributed by atoms with Gasteiger partial charge in [-0.3, -0.25) is 4.79 Å². The van der Waals surface area contributed by atoms with E-state index in [2.05, 4.69) is 46.4 Å². The number of rotatable bonds is 5. The number of benzene rings is 2. The Labute approximate surface area is 147 Å². The summed E-state index contributed by atoms with van der Waals surface area (Å²) in [4.78, 5) is 12.4. The molecule has 25 heavy (non-hydrogen) atoms. The van der Waals surface area contributed by atoms with Gasteiger partial charge in [-0.05, 0) is 36.1 Å². The Hall–Kier alpha value is -2.59. The number of aryl methyl sites for hydroxylation is 2. The largest absolute Gasteiger partial charge is 0.351 e. The van der Waals surface area contributed by atoms with E-state index in [1.165, 1.54) is 11.1 Å². The third kappa shape index (κ3) is 2.94. The highest BCUT2D eigenvalue weighted by molar-refractivity contribution is 6.08. The lowest BCUT2D eigenvalue weighted by molar-refractivity contribution is 0.0955. The molecule has 2 aromatic carbocycles. The van der Waals surface area contributed by atoms with Crippen molar-refractivity contribution in [1.82, 2.24) is 9.88 Å². The Balaban J connectivity index is 1.66. The Bertz CT molecular complexity index is 898. The van der Waals surface area contributed by atoms with Gasteiger partial charge in [0.2, 0.25) is 0 Å². The maximum absolute atomic E-state index is 12.4. The lowest BCUT2D eigenvalue weighted by atomic mass is 9.98. The normalized spacial score (nSPS) is 16.7. The van der Waals surface area contributed by atoms with Crippen LogP contribution in [-0.4, -0.2) is 23.6 Å². The summed E-state index contributed by atoms with van der Waals surface area (Å²) in [6, 6.07) is 16.5. The zero-order valence-corrected chi connectivity index (χ0v) is 14.2. The number of hydrogen-bond acceptors (Lipinski definition) is 2. The Kier molecular flexibility index (Phi) is 4.28. The van der Waals surface area contributed by atoms with E-state index in [1.54, 1.807) is 0 Å². The fraction of sp³-hybridized carbons (Fsp3) is 0.286. The van der Waals surface area contributed by atoms with Crippen molar-refractivity contribution in [1.29, 1.82) is 0 Å². The molecule has 0 saturated heterocycles. The van der Waals surface area contributed by atoms with E-state index in [0.717, 1.165) is 35.9 Å². The van der Waals surface area contributed by atoms with Crippen LogP contribution in [0.15, 0.2) is 54.7 Å². The standard InChI is InChI=1S/C21H23N3O/c22-12-16-13-23-21(25)17-9-4-10-19-20(17)18(16)14-24(19)11-5-8-15-6-2-1-3-7-15/h1-4,6-7,9-10,14,16H,5,8,11-13,22H2,(H,23,25). The molecule has 1 aliphatic rings. The molecule has 0 aliphatic carbocycles. The van der Waals surface area contributed by atoms with Crippen LogP contribution >= 0.6 is 0 Å². The fourth-order valence-electron chi connectivity index (χ4n) is 3.80. The van der Waals surface area contributed by atoms with Gasteiger partial charge in [-0.15, -0.1) is 0 Å². The number of nitrogens with zero attached hydrogens (tertiary/aromatic N) is 1. The van der Waals surface area contributed by atoms with Gasteiger partial charge in [0.05, 0.1) is 0 Å². The van der Waals surface area contributed by atoms with Crippen molar-refractivity contribution in [3.8, 4) is 0 Å². The van der Waals surface area contributed by atoms with Crippen LogP contribution in [0.3, 0.4) is 0 Å². The van der Waals surface area contributed by atoms with Crippen molar-refractivity contribution >= 4 is 16.8 Å². The van der Waals surface area contributed by atoms with Gasteiger partial charge in [-0.1, -0.05) is 36.4 Å². The van der Waals surface area contributed by atoms with Crippen molar-refractivity contribution in [2.75, 3.05) is 13.1 Å². The lowest BCUT2D eigenvalue weighted by Crippen LogP contribution is -2.29. The summed E-state index contributed by atoms with van der Waals surface area (Å²) in [6.07, 6.45) is 4.32. The van der Waals surface area contributed by atoms with Crippen molar-refractivity contribution in [3.05, 3.63) is 71.4 Å². The predicted molar refractivity (Wildman–Crippen MR) is 101 cm³/mol. The molecule has 3 N–H and O–H groups in total. The highest BCUT2D eigenvalue weighted by Gasteiger charge is 2.25. The maximum atomic E-state index is 12.4. The summed E-state index contributed by atoms with van der Waals surface area (Å²) < 4.78 is 2.29. The third-order valence-electron chi connectivity index (χ3n) is 5.12. The first kappa shape index (κ1) is 15.9. The van der Waals surface area contributed by atoms with Gasteiger partial charge in [0.25, 0.3) is 5.91 Å². The van der Waals surface area contributed by atoms with Gasteiger partial charge >= 0.3 is 0 Å². The molecule has 3 aromatic rings. The molecule has 4 heteroatoms. The maximum Gasteiger partial charge on any atom is 0.251 e. The van der Waals surface area contributed by atoms with Crippen molar-refractivity contribution in [2.45, 2.75) is 25.3 Å². The second-order valence-corrected chi connectivity index (χ2v) is 6.71. The van der Waals surface area contributed by atoms with Gasteiger partial charge in [0.1, 0.15) is 0 Å². The molecule has 0 saturated carbocycles. The SMILES string of the molecule is NCC1CNC(=O)c2cccc3c2c1cn3CCCc1ccccc1. The molecular formula is C21H23N3O. The first-order valence-corrected chi connectivity index (χ1v) is 8.92. The van der Waals surface area contributed by atoms with Crippen molar-refractivity contribution in [3.63, 3.8) is 0 Å². The smallest absolute Gasteiger partial charge is 0.251 e. The summed E-state index contributed by atoms with van der Waals surface area (Å²) in [5, 5.41) is 4.07. The zero-order valence-electron chi connectivity index (χ0n) is 14.2. The summed E-state index contributed by atoms with van der Waals surface area (Å²) >= 11 is 0. The van der Waals surface area contributed by atoms with Crippen molar-refractivity contribution < 1.29 is 4.79 Å². The number of nitrogens with two attached hydrogens (primary N) is 1. The van der Waals surface area contributed by atoms with Gasteiger partial charge < -0.3 is 15.6 Å². The average Bonchev–Trinajstić information content (AvgIpc) is 2.95. The van der Waals surface area contributed by atoms with Crippen LogP contribution in [-0.2, 0) is 13.0 Å². The van der Waals surface area contributed by atoms with E-state index in [0.29, 0.717) is 13.1 Å². The number of hydrogen-bond donors (Lipinski definition) is 2.